The van der Waals surface area contributed by atoms with Gasteiger partial charge in [0, 0.05) is 25.5 Å². The second-order valence-electron chi connectivity index (χ2n) is 3.32. The van der Waals surface area contributed by atoms with E-state index in [9.17, 15) is 4.57 Å². The van der Waals surface area contributed by atoms with Crippen molar-refractivity contribution < 1.29 is 19.9 Å². The monoisotopic (exact) mass is 222 g/mol. The molecule has 0 rings (SSSR count). The van der Waals surface area contributed by atoms with Crippen molar-refractivity contribution in [3.05, 3.63) is 0 Å². The molecule has 0 saturated carbocycles. The van der Waals surface area contributed by atoms with Gasteiger partial charge in [-0.05, 0) is 31.6 Å². The van der Waals surface area contributed by atoms with Gasteiger partial charge in [0.05, 0.1) is 0 Å². The average Bonchev–Trinajstić information content (AvgIpc) is 2.21. The lowest BCUT2D eigenvalue weighted by Crippen LogP contribution is -2.18. The highest BCUT2D eigenvalue weighted by Crippen LogP contribution is 2.27. The minimum absolute atomic E-state index is 0.0148. The maximum absolute atomic E-state index is 10.8. The third-order valence-corrected chi connectivity index (χ3v) is 3.29. The molecule has 0 heterocycles. The fraction of sp³-hybridized carbons (Fsp3) is 1.00. The lowest BCUT2D eigenvalue weighted by molar-refractivity contribution is 0.215. The lowest BCUT2D eigenvalue weighted by atomic mass is 9.94. The van der Waals surface area contributed by atoms with Gasteiger partial charge in [-0.15, -0.1) is 0 Å². The molecule has 84 valence electrons. The van der Waals surface area contributed by atoms with Crippen LogP contribution in [0.4, 0.5) is 0 Å². The predicted molar refractivity (Wildman–Crippen MR) is 54.6 cm³/mol. The third kappa shape index (κ3) is 5.66. The van der Waals surface area contributed by atoms with Crippen LogP contribution in [-0.2, 0) is 4.57 Å². The highest BCUT2D eigenvalue weighted by atomic mass is 31.1. The smallest absolute Gasteiger partial charge is 0.159 e. The van der Waals surface area contributed by atoms with Crippen LogP contribution in [0.3, 0.4) is 0 Å². The van der Waals surface area contributed by atoms with Gasteiger partial charge >= 0.3 is 0 Å². The summed E-state index contributed by atoms with van der Waals surface area (Å²) in [6.45, 7) is 0.192. The quantitative estimate of drug-likeness (QED) is 0.504. The van der Waals surface area contributed by atoms with Crippen molar-refractivity contribution in [2.24, 2.45) is 5.92 Å². The number of rotatable bonds is 9. The Morgan fingerprint density at radius 3 is 2.00 bits per heavy atom. The molecule has 0 amide bonds. The molecule has 14 heavy (non-hydrogen) atoms. The van der Waals surface area contributed by atoms with Crippen LogP contribution in [-0.4, -0.2) is 40.8 Å². The molecule has 2 atom stereocenters. The molecule has 0 spiro atoms. The van der Waals surface area contributed by atoms with Crippen molar-refractivity contribution in [3.63, 3.8) is 0 Å². The molecule has 5 heteroatoms. The van der Waals surface area contributed by atoms with Crippen molar-refractivity contribution in [3.8, 4) is 0 Å². The second kappa shape index (κ2) is 9.53. The van der Waals surface area contributed by atoms with Crippen LogP contribution in [0.25, 0.3) is 0 Å². The van der Waals surface area contributed by atoms with Gasteiger partial charge in [-0.25, -0.2) is 0 Å². The first-order valence-corrected chi connectivity index (χ1v) is 5.83. The van der Waals surface area contributed by atoms with Crippen molar-refractivity contribution in [2.45, 2.75) is 31.3 Å². The Morgan fingerprint density at radius 2 is 1.57 bits per heavy atom. The Bertz CT molecular complexity index is 143. The van der Waals surface area contributed by atoms with E-state index in [4.69, 9.17) is 15.3 Å². The van der Waals surface area contributed by atoms with E-state index in [0.717, 1.165) is 6.42 Å². The minimum atomic E-state index is -0.0984. The largest absolute Gasteiger partial charge is 0.396 e. The summed E-state index contributed by atoms with van der Waals surface area (Å²) < 4.78 is 10.8. The topological polar surface area (TPSA) is 77.8 Å². The summed E-state index contributed by atoms with van der Waals surface area (Å²) in [7, 11) is 0.0223. The van der Waals surface area contributed by atoms with E-state index in [1.807, 2.05) is 0 Å². The van der Waals surface area contributed by atoms with E-state index < -0.39 is 0 Å². The minimum Gasteiger partial charge on any atom is -0.396 e. The summed E-state index contributed by atoms with van der Waals surface area (Å²) >= 11 is 0. The van der Waals surface area contributed by atoms with Crippen molar-refractivity contribution >= 4 is 8.46 Å². The van der Waals surface area contributed by atoms with E-state index in [1.165, 1.54) is 0 Å². The Hall–Kier alpha value is -0.0200. The number of aliphatic hydroxyl groups excluding tert-OH is 3. The molecule has 0 aromatic carbocycles. The van der Waals surface area contributed by atoms with Crippen molar-refractivity contribution in [1.82, 2.24) is 0 Å². The molecule has 0 aromatic heterocycles. The fourth-order valence-corrected chi connectivity index (χ4v) is 2.25. The van der Waals surface area contributed by atoms with Crippen LogP contribution < -0.4 is 0 Å². The van der Waals surface area contributed by atoms with Crippen molar-refractivity contribution in [2.75, 3.05) is 19.8 Å². The SMILES string of the molecule is O=PC(CCO)C(CCO)CCCO. The molecule has 0 aliphatic rings. The Balaban J connectivity index is 4.04. The predicted octanol–water partition coefficient (Wildman–Crippen LogP) is 0.800. The van der Waals surface area contributed by atoms with Crippen LogP contribution in [0.15, 0.2) is 0 Å². The summed E-state index contributed by atoms with van der Waals surface area (Å²) in [5.74, 6) is 0.124. The van der Waals surface area contributed by atoms with Gasteiger partial charge in [0.1, 0.15) is 0 Å². The first-order valence-electron chi connectivity index (χ1n) is 4.95. The molecule has 0 aromatic rings. The number of hydrogen-bond acceptors (Lipinski definition) is 4. The Labute approximate surface area is 86.2 Å². The van der Waals surface area contributed by atoms with Crippen LogP contribution in [0, 0.1) is 5.92 Å². The molecular weight excluding hydrogens is 203 g/mol. The van der Waals surface area contributed by atoms with Crippen molar-refractivity contribution in [1.29, 1.82) is 0 Å². The fourth-order valence-electron chi connectivity index (χ4n) is 1.56. The molecule has 4 nitrogen and oxygen atoms in total. The Morgan fingerprint density at radius 1 is 0.929 bits per heavy atom. The van der Waals surface area contributed by atoms with Gasteiger partial charge in [-0.2, -0.15) is 0 Å². The zero-order valence-electron chi connectivity index (χ0n) is 8.30. The molecule has 0 saturated heterocycles. The average molecular weight is 222 g/mol. The lowest BCUT2D eigenvalue weighted by Gasteiger charge is -2.20. The summed E-state index contributed by atoms with van der Waals surface area (Å²) in [4.78, 5) is 0. The first kappa shape index (κ1) is 14.0. The molecule has 0 radical (unpaired) electrons. The number of aliphatic hydroxyl groups is 3. The van der Waals surface area contributed by atoms with E-state index in [-0.39, 0.29) is 39.9 Å². The van der Waals surface area contributed by atoms with E-state index in [2.05, 4.69) is 0 Å². The normalized spacial score (nSPS) is 15.6. The summed E-state index contributed by atoms with van der Waals surface area (Å²) in [5, 5.41) is 26.2. The first-order chi connectivity index (χ1) is 6.79. The van der Waals surface area contributed by atoms with Gasteiger partial charge in [0.15, 0.2) is 8.46 Å². The number of hydrogen-bond donors (Lipinski definition) is 3. The molecule has 2 unspecified atom stereocenters. The molecular formula is C9H19O4P. The zero-order chi connectivity index (χ0) is 10.8. The van der Waals surface area contributed by atoms with Crippen LogP contribution >= 0.6 is 8.46 Å². The van der Waals surface area contributed by atoms with Gasteiger partial charge in [0.2, 0.25) is 0 Å². The van der Waals surface area contributed by atoms with Gasteiger partial charge in [0.25, 0.3) is 0 Å². The molecule has 0 aliphatic carbocycles. The maximum atomic E-state index is 10.8. The molecule has 3 N–H and O–H groups in total. The molecule has 0 bridgehead atoms. The van der Waals surface area contributed by atoms with E-state index in [1.54, 1.807) is 0 Å². The van der Waals surface area contributed by atoms with E-state index >= 15 is 0 Å². The third-order valence-electron chi connectivity index (χ3n) is 2.34. The molecule has 0 aliphatic heterocycles. The summed E-state index contributed by atoms with van der Waals surface area (Å²) in [6, 6.07) is 0. The molecule has 0 fully saturated rings. The zero-order valence-corrected chi connectivity index (χ0v) is 9.20. The summed E-state index contributed by atoms with van der Waals surface area (Å²) in [5.41, 5.74) is -0.0984. The van der Waals surface area contributed by atoms with Crippen LogP contribution in [0.2, 0.25) is 0 Å². The second-order valence-corrected chi connectivity index (χ2v) is 4.20. The maximum Gasteiger partial charge on any atom is 0.159 e. The standard InChI is InChI=1S/C9H19O4P/c10-5-1-2-8(3-6-11)9(14-13)4-7-12/h8-12H,1-7H2. The highest BCUT2D eigenvalue weighted by Gasteiger charge is 2.20. The van der Waals surface area contributed by atoms with Gasteiger partial charge < -0.3 is 15.3 Å². The van der Waals surface area contributed by atoms with E-state index in [0.29, 0.717) is 19.3 Å². The van der Waals surface area contributed by atoms with Crippen LogP contribution in [0.5, 0.6) is 0 Å². The Kier molecular flexibility index (Phi) is 9.52. The van der Waals surface area contributed by atoms with Gasteiger partial charge in [-0.1, -0.05) is 0 Å². The van der Waals surface area contributed by atoms with Gasteiger partial charge in [-0.3, -0.25) is 4.57 Å². The summed E-state index contributed by atoms with van der Waals surface area (Å²) in [6.07, 6.45) is 2.47. The van der Waals surface area contributed by atoms with Crippen LogP contribution in [0.1, 0.15) is 25.7 Å². The highest BCUT2D eigenvalue weighted by molar-refractivity contribution is 7.24.